The van der Waals surface area contributed by atoms with Crippen LogP contribution in [0.3, 0.4) is 0 Å². The third kappa shape index (κ3) is 2.04. The molecule has 1 rings (SSSR count). The van der Waals surface area contributed by atoms with E-state index in [2.05, 4.69) is 13.5 Å². The highest BCUT2D eigenvalue weighted by molar-refractivity contribution is 4.90. The van der Waals surface area contributed by atoms with E-state index < -0.39 is 5.79 Å². The molecule has 0 aromatic carbocycles. The topological polar surface area (TPSA) is 18.5 Å². The Morgan fingerprint density at radius 3 is 2.91 bits per heavy atom. The van der Waals surface area contributed by atoms with E-state index in [0.717, 1.165) is 12.8 Å². The minimum atomic E-state index is -0.528. The van der Waals surface area contributed by atoms with Crippen LogP contribution in [-0.2, 0) is 9.47 Å². The van der Waals surface area contributed by atoms with Gasteiger partial charge < -0.3 is 9.47 Å². The summed E-state index contributed by atoms with van der Waals surface area (Å²) in [6, 6.07) is 0. The summed E-state index contributed by atoms with van der Waals surface area (Å²) in [6.45, 7) is 8.41. The SMILES string of the molecule is C=CC1(C)OCC(CCC)O1. The quantitative estimate of drug-likeness (QED) is 0.582. The van der Waals surface area contributed by atoms with Gasteiger partial charge in [0.2, 0.25) is 0 Å². The normalized spacial score (nSPS) is 37.5. The molecular formula is C9H16O2. The molecule has 0 N–H and O–H groups in total. The molecule has 2 nitrogen and oxygen atoms in total. The first kappa shape index (κ1) is 8.75. The summed E-state index contributed by atoms with van der Waals surface area (Å²) in [5.41, 5.74) is 0. The summed E-state index contributed by atoms with van der Waals surface area (Å²) >= 11 is 0. The molecule has 64 valence electrons. The first-order valence-corrected chi connectivity index (χ1v) is 4.15. The average molecular weight is 156 g/mol. The molecule has 0 spiro atoms. The van der Waals surface area contributed by atoms with Crippen molar-refractivity contribution in [2.75, 3.05) is 6.61 Å². The lowest BCUT2D eigenvalue weighted by atomic mass is 10.2. The predicted molar refractivity (Wildman–Crippen MR) is 44.3 cm³/mol. The van der Waals surface area contributed by atoms with E-state index in [1.54, 1.807) is 6.08 Å². The molecule has 1 heterocycles. The van der Waals surface area contributed by atoms with E-state index in [-0.39, 0.29) is 6.10 Å². The van der Waals surface area contributed by atoms with Gasteiger partial charge in [-0.05, 0) is 19.4 Å². The lowest BCUT2D eigenvalue weighted by Crippen LogP contribution is -2.22. The van der Waals surface area contributed by atoms with E-state index in [9.17, 15) is 0 Å². The molecular weight excluding hydrogens is 140 g/mol. The second-order valence-corrected chi connectivity index (χ2v) is 3.06. The minimum Gasteiger partial charge on any atom is -0.344 e. The van der Waals surface area contributed by atoms with Crippen LogP contribution in [0, 0.1) is 0 Å². The molecule has 1 aliphatic rings. The monoisotopic (exact) mass is 156 g/mol. The number of ether oxygens (including phenoxy) is 2. The first-order chi connectivity index (χ1) is 5.20. The fraction of sp³-hybridized carbons (Fsp3) is 0.778. The van der Waals surface area contributed by atoms with Crippen LogP contribution >= 0.6 is 0 Å². The van der Waals surface area contributed by atoms with Crippen molar-refractivity contribution in [3.63, 3.8) is 0 Å². The highest BCUT2D eigenvalue weighted by Crippen LogP contribution is 2.25. The van der Waals surface area contributed by atoms with Crippen molar-refractivity contribution in [1.29, 1.82) is 0 Å². The second kappa shape index (κ2) is 3.37. The maximum Gasteiger partial charge on any atom is 0.185 e. The Morgan fingerprint density at radius 1 is 1.73 bits per heavy atom. The summed E-state index contributed by atoms with van der Waals surface area (Å²) < 4.78 is 11.0. The van der Waals surface area contributed by atoms with E-state index in [0.29, 0.717) is 6.61 Å². The molecule has 0 amide bonds. The van der Waals surface area contributed by atoms with E-state index in [4.69, 9.17) is 9.47 Å². The Labute approximate surface area is 68.2 Å². The van der Waals surface area contributed by atoms with Gasteiger partial charge in [0.15, 0.2) is 5.79 Å². The van der Waals surface area contributed by atoms with Gasteiger partial charge in [-0.1, -0.05) is 19.9 Å². The van der Waals surface area contributed by atoms with E-state index >= 15 is 0 Å². The minimum absolute atomic E-state index is 0.267. The van der Waals surface area contributed by atoms with Gasteiger partial charge in [0.25, 0.3) is 0 Å². The summed E-state index contributed by atoms with van der Waals surface area (Å²) in [5, 5.41) is 0. The van der Waals surface area contributed by atoms with E-state index in [1.165, 1.54) is 0 Å². The molecule has 2 unspecified atom stereocenters. The average Bonchev–Trinajstić information content (AvgIpc) is 2.35. The van der Waals surface area contributed by atoms with Crippen molar-refractivity contribution in [2.24, 2.45) is 0 Å². The Balaban J connectivity index is 2.39. The van der Waals surface area contributed by atoms with Gasteiger partial charge in [0, 0.05) is 0 Å². The largest absolute Gasteiger partial charge is 0.344 e. The highest BCUT2D eigenvalue weighted by Gasteiger charge is 2.33. The zero-order valence-electron chi connectivity index (χ0n) is 7.30. The zero-order valence-corrected chi connectivity index (χ0v) is 7.30. The van der Waals surface area contributed by atoms with Crippen molar-refractivity contribution in [1.82, 2.24) is 0 Å². The Hall–Kier alpha value is -0.340. The van der Waals surface area contributed by atoms with Gasteiger partial charge >= 0.3 is 0 Å². The van der Waals surface area contributed by atoms with Gasteiger partial charge in [-0.3, -0.25) is 0 Å². The Bertz CT molecular complexity index is 144. The first-order valence-electron chi connectivity index (χ1n) is 4.15. The van der Waals surface area contributed by atoms with Crippen molar-refractivity contribution in [3.05, 3.63) is 12.7 Å². The molecule has 1 aliphatic heterocycles. The van der Waals surface area contributed by atoms with Gasteiger partial charge in [-0.25, -0.2) is 0 Å². The molecule has 2 atom stereocenters. The predicted octanol–water partition coefficient (Wildman–Crippen LogP) is 2.10. The third-order valence-corrected chi connectivity index (χ3v) is 1.94. The Kier molecular flexibility index (Phi) is 2.68. The summed E-state index contributed by atoms with van der Waals surface area (Å²) in [6.07, 6.45) is 4.19. The summed E-state index contributed by atoms with van der Waals surface area (Å²) in [5.74, 6) is -0.528. The van der Waals surface area contributed by atoms with Crippen molar-refractivity contribution < 1.29 is 9.47 Å². The zero-order chi connectivity index (χ0) is 8.32. The molecule has 0 saturated carbocycles. The summed E-state index contributed by atoms with van der Waals surface area (Å²) in [4.78, 5) is 0. The second-order valence-electron chi connectivity index (χ2n) is 3.06. The van der Waals surface area contributed by atoms with Crippen LogP contribution in [0.4, 0.5) is 0 Å². The van der Waals surface area contributed by atoms with Crippen molar-refractivity contribution >= 4 is 0 Å². The fourth-order valence-electron chi connectivity index (χ4n) is 1.23. The van der Waals surface area contributed by atoms with Crippen LogP contribution in [0.5, 0.6) is 0 Å². The standard InChI is InChI=1S/C9H16O2/c1-4-6-8-7-10-9(3,5-2)11-8/h5,8H,2,4,6-7H2,1,3H3. The number of hydrogen-bond donors (Lipinski definition) is 0. The van der Waals surface area contributed by atoms with Crippen LogP contribution in [-0.4, -0.2) is 18.5 Å². The number of rotatable bonds is 3. The smallest absolute Gasteiger partial charge is 0.185 e. The molecule has 0 bridgehead atoms. The molecule has 0 aliphatic carbocycles. The maximum atomic E-state index is 5.60. The van der Waals surface area contributed by atoms with Crippen LogP contribution in [0.15, 0.2) is 12.7 Å². The molecule has 1 saturated heterocycles. The maximum absolute atomic E-state index is 5.60. The Morgan fingerprint density at radius 2 is 2.45 bits per heavy atom. The molecule has 2 heteroatoms. The molecule has 0 radical (unpaired) electrons. The molecule has 0 aromatic heterocycles. The van der Waals surface area contributed by atoms with Gasteiger partial charge in [0.05, 0.1) is 12.7 Å². The van der Waals surface area contributed by atoms with Crippen LogP contribution in [0.2, 0.25) is 0 Å². The lowest BCUT2D eigenvalue weighted by Gasteiger charge is -2.17. The summed E-state index contributed by atoms with van der Waals surface area (Å²) in [7, 11) is 0. The van der Waals surface area contributed by atoms with Crippen molar-refractivity contribution in [2.45, 2.75) is 38.6 Å². The third-order valence-electron chi connectivity index (χ3n) is 1.94. The van der Waals surface area contributed by atoms with Gasteiger partial charge in [-0.15, -0.1) is 0 Å². The lowest BCUT2D eigenvalue weighted by molar-refractivity contribution is -0.114. The van der Waals surface area contributed by atoms with Gasteiger partial charge in [0.1, 0.15) is 0 Å². The van der Waals surface area contributed by atoms with E-state index in [1.807, 2.05) is 6.92 Å². The van der Waals surface area contributed by atoms with Gasteiger partial charge in [-0.2, -0.15) is 0 Å². The number of hydrogen-bond acceptors (Lipinski definition) is 2. The molecule has 11 heavy (non-hydrogen) atoms. The van der Waals surface area contributed by atoms with Crippen LogP contribution in [0.1, 0.15) is 26.7 Å². The highest BCUT2D eigenvalue weighted by atomic mass is 16.7. The molecule has 1 fully saturated rings. The van der Waals surface area contributed by atoms with Crippen LogP contribution < -0.4 is 0 Å². The van der Waals surface area contributed by atoms with Crippen molar-refractivity contribution in [3.8, 4) is 0 Å². The van der Waals surface area contributed by atoms with Crippen LogP contribution in [0.25, 0.3) is 0 Å². The molecule has 0 aromatic rings. The fourth-order valence-corrected chi connectivity index (χ4v) is 1.23.